The van der Waals surface area contributed by atoms with Gasteiger partial charge in [0, 0.05) is 32.7 Å². The van der Waals surface area contributed by atoms with Gasteiger partial charge in [-0.3, -0.25) is 19.2 Å². The van der Waals surface area contributed by atoms with Crippen LogP contribution in [0.15, 0.2) is 310 Å². The minimum Gasteiger partial charge on any atom is -0.508 e. The molecule has 115 heavy (non-hydrogen) atoms. The van der Waals surface area contributed by atoms with Crippen LogP contribution in [-0.2, 0) is 16.3 Å². The van der Waals surface area contributed by atoms with Gasteiger partial charge in [0.15, 0.2) is 9.84 Å². The van der Waals surface area contributed by atoms with Crippen LogP contribution in [0, 0.1) is 6.92 Å². The summed E-state index contributed by atoms with van der Waals surface area (Å²) >= 11 is 29.0. The molecule has 9 N–H and O–H groups in total. The van der Waals surface area contributed by atoms with Crippen molar-refractivity contribution >= 4 is 153 Å². The highest BCUT2D eigenvalue weighted by Gasteiger charge is 2.13. The maximum absolute atomic E-state index is 12.4. The van der Waals surface area contributed by atoms with Gasteiger partial charge in [-0.2, -0.15) is 20.4 Å². The first kappa shape index (κ1) is 85.6. The fraction of sp³-hybridized carbons (Fsp3) is 0.0222. The van der Waals surface area contributed by atoms with E-state index in [-0.39, 0.29) is 59.3 Å². The summed E-state index contributed by atoms with van der Waals surface area (Å²) in [6.07, 6.45) is 20.6. The van der Waals surface area contributed by atoms with Crippen molar-refractivity contribution in [3.63, 3.8) is 0 Å². The lowest BCUT2D eigenvalue weighted by molar-refractivity contribution is 0.0947. The van der Waals surface area contributed by atoms with E-state index in [2.05, 4.69) is 66.4 Å². The van der Waals surface area contributed by atoms with Crippen molar-refractivity contribution in [3.05, 3.63) is 399 Å². The lowest BCUT2D eigenvalue weighted by Gasteiger charge is -2.02. The third-order valence-corrected chi connectivity index (χ3v) is 19.0. The number of hydrazone groups is 4. The largest absolute Gasteiger partial charge is 0.508 e. The van der Waals surface area contributed by atoms with Crippen LogP contribution in [-0.4, -0.2) is 82.4 Å². The SMILES string of the molecule is Cc1ccc(S(=O)(=O)/C=C/c2ccc(/C=N/NC(=O)c3ccc(O)c(Cl)c3)cc2)cc1.O=C(N/N=C/c1ccc(/C=C/Cc2ccccc2)cc1)c1ccc(O)c(Cl)c1.O=C(N/N=C/c1ccc(/C=C/c2ccc(Cl)cc2)cc1)c1ccc(O)c(Cl)c1.O=C(N/N=C/c1ccc(/C=C/c2cccc(O)c2)cc1)c1ccc(O)c(Cl)c1. The van der Waals surface area contributed by atoms with E-state index in [1.165, 1.54) is 102 Å². The van der Waals surface area contributed by atoms with E-state index >= 15 is 0 Å². The van der Waals surface area contributed by atoms with Crippen molar-refractivity contribution in [1.29, 1.82) is 0 Å². The molecule has 19 nitrogen and oxygen atoms in total. The molecule has 4 amide bonds. The number of carbonyl (C=O) groups is 4. The summed E-state index contributed by atoms with van der Waals surface area (Å²) in [5.74, 6) is -1.83. The van der Waals surface area contributed by atoms with E-state index in [4.69, 9.17) is 58.0 Å². The van der Waals surface area contributed by atoms with Gasteiger partial charge < -0.3 is 25.5 Å². The summed E-state index contributed by atoms with van der Waals surface area (Å²) in [7, 11) is -3.52. The number of nitrogens with zero attached hydrogens (tertiary/aromatic N) is 4. The molecule has 0 saturated heterocycles. The zero-order chi connectivity index (χ0) is 82.1. The predicted octanol–water partition coefficient (Wildman–Crippen LogP) is 19.9. The van der Waals surface area contributed by atoms with Crippen LogP contribution in [0.2, 0.25) is 25.1 Å². The second-order valence-corrected chi connectivity index (χ2v) is 28.6. The Labute approximate surface area is 688 Å². The quantitative estimate of drug-likeness (QED) is 0.0175. The van der Waals surface area contributed by atoms with E-state index in [9.17, 15) is 53.1 Å². The van der Waals surface area contributed by atoms with Crippen molar-refractivity contribution in [2.24, 2.45) is 20.4 Å². The van der Waals surface area contributed by atoms with E-state index in [1.54, 1.807) is 79.2 Å². The number of hydrogen-bond acceptors (Lipinski definition) is 15. The zero-order valence-electron chi connectivity index (χ0n) is 60.9. The third-order valence-electron chi connectivity index (χ3n) is 16.1. The highest BCUT2D eigenvalue weighted by Crippen LogP contribution is 2.28. The highest BCUT2D eigenvalue weighted by atomic mass is 35.5. The van der Waals surface area contributed by atoms with Gasteiger partial charge in [-0.15, -0.1) is 0 Å². The number of aromatic hydroxyl groups is 5. The lowest BCUT2D eigenvalue weighted by Crippen LogP contribution is -2.17. The maximum Gasteiger partial charge on any atom is 0.271 e. The molecule has 0 aliphatic heterocycles. The molecule has 0 spiro atoms. The number of nitrogens with one attached hydrogen (secondary N) is 4. The molecule has 0 bridgehead atoms. The minimum atomic E-state index is -3.52. The summed E-state index contributed by atoms with van der Waals surface area (Å²) in [5, 5.41) is 65.0. The number of rotatable bonds is 22. The summed E-state index contributed by atoms with van der Waals surface area (Å²) < 4.78 is 24.8. The fourth-order valence-corrected chi connectivity index (χ4v) is 11.6. The normalized spacial score (nSPS) is 11.4. The van der Waals surface area contributed by atoms with Crippen LogP contribution in [0.25, 0.3) is 36.5 Å². The van der Waals surface area contributed by atoms with Gasteiger partial charge in [0.1, 0.15) is 28.7 Å². The van der Waals surface area contributed by atoms with E-state index < -0.39 is 33.5 Å². The topological polar surface area (TPSA) is 301 Å². The Bertz CT molecular complexity index is 5730. The number of allylic oxidation sites excluding steroid dienone is 1. The Hall–Kier alpha value is -13.4. The zero-order valence-corrected chi connectivity index (χ0v) is 65.5. The molecular formula is C90H71Cl5N8O11S. The Morgan fingerprint density at radius 2 is 0.643 bits per heavy atom. The average Bonchev–Trinajstić information content (AvgIpc) is 0.824. The number of hydrogen-bond donors (Lipinski definition) is 9. The number of benzene rings is 12. The molecule has 25 heteroatoms. The van der Waals surface area contributed by atoms with Gasteiger partial charge in [-0.05, 0) is 190 Å². The summed E-state index contributed by atoms with van der Waals surface area (Å²) in [6.45, 7) is 1.89. The number of halogens is 5. The monoisotopic (exact) mass is 1650 g/mol. The molecule has 0 aliphatic rings. The number of sulfone groups is 1. The minimum absolute atomic E-state index is 0.0698. The molecule has 0 saturated carbocycles. The van der Waals surface area contributed by atoms with Crippen molar-refractivity contribution in [1.82, 2.24) is 21.7 Å². The van der Waals surface area contributed by atoms with Gasteiger partial charge in [-0.1, -0.05) is 264 Å². The van der Waals surface area contributed by atoms with Crippen molar-refractivity contribution in [3.8, 4) is 28.7 Å². The third kappa shape index (κ3) is 28.7. The number of phenols is 5. The number of amides is 4. The van der Waals surface area contributed by atoms with E-state index in [0.717, 1.165) is 56.5 Å². The molecule has 0 unspecified atom stereocenters. The average molecular weight is 1650 g/mol. The first-order valence-electron chi connectivity index (χ1n) is 34.7. The Kier molecular flexibility index (Phi) is 32.3. The summed E-state index contributed by atoms with van der Waals surface area (Å²) in [5.41, 5.74) is 22.1. The smallest absolute Gasteiger partial charge is 0.271 e. The molecule has 0 heterocycles. The Balaban J connectivity index is 0.000000176. The molecule has 0 fully saturated rings. The first-order chi connectivity index (χ1) is 55.4. The van der Waals surface area contributed by atoms with Crippen LogP contribution in [0.4, 0.5) is 0 Å². The molecule has 0 aliphatic carbocycles. The second-order valence-electron chi connectivity index (χ2n) is 24.7. The highest BCUT2D eigenvalue weighted by molar-refractivity contribution is 7.94. The van der Waals surface area contributed by atoms with Gasteiger partial charge in [0.05, 0.1) is 49.8 Å². The van der Waals surface area contributed by atoms with Gasteiger partial charge in [0.2, 0.25) is 0 Å². The molecule has 0 aromatic heterocycles. The molecule has 12 rings (SSSR count). The van der Waals surface area contributed by atoms with Crippen LogP contribution in [0.1, 0.15) is 108 Å². The Morgan fingerprint density at radius 1 is 0.330 bits per heavy atom. The predicted molar refractivity (Wildman–Crippen MR) is 462 cm³/mol. The number of carbonyl (C=O) groups excluding carboxylic acids is 4. The van der Waals surface area contributed by atoms with Crippen LogP contribution >= 0.6 is 58.0 Å². The van der Waals surface area contributed by atoms with E-state index in [0.29, 0.717) is 32.8 Å². The van der Waals surface area contributed by atoms with E-state index in [1.807, 2.05) is 153 Å². The summed E-state index contributed by atoms with van der Waals surface area (Å²) in [4.78, 5) is 48.3. The maximum atomic E-state index is 12.4. The molecule has 12 aromatic rings. The Morgan fingerprint density at radius 3 is 0.983 bits per heavy atom. The van der Waals surface area contributed by atoms with Gasteiger partial charge >= 0.3 is 0 Å². The fourth-order valence-electron chi connectivity index (χ4n) is 9.79. The van der Waals surface area contributed by atoms with Crippen LogP contribution < -0.4 is 21.7 Å². The molecular weight excluding hydrogens is 1580 g/mol. The molecule has 12 aromatic carbocycles. The molecule has 0 atom stereocenters. The van der Waals surface area contributed by atoms with Gasteiger partial charge in [-0.25, -0.2) is 30.1 Å². The lowest BCUT2D eigenvalue weighted by atomic mass is 10.1. The van der Waals surface area contributed by atoms with Crippen molar-refractivity contribution in [2.75, 3.05) is 0 Å². The van der Waals surface area contributed by atoms with Crippen LogP contribution in [0.5, 0.6) is 28.7 Å². The molecule has 578 valence electrons. The van der Waals surface area contributed by atoms with Crippen molar-refractivity contribution < 1.29 is 53.1 Å². The standard InChI is InChI=1S/C23H19ClN2O4S.C23H19ClN2O2.C22H16Cl2N2O2.C22H17ClN2O3/c1-16-2-9-20(10-3-16)31(29,30)13-12-17-4-6-18(7-5-17)15-25-26-23(28)19-8-11-22(27)21(24)14-19;24-21-15-20(13-14-22(21)27)23(28)26-25-16-19-11-9-18(10-12-19)8-4-7-17-5-2-1-3-6-17;23-19-10-7-16(8-11-19)2-1-15-3-5-17(6-4-15)14-25-26-22(28)18-9-12-21(27)20(24)13-18;23-20-13-18(10-11-21(20)27)22(28)25-24-14-17-8-5-15(6-9-17)4-7-16-2-1-3-19(26)12-16/h2-15,27H,1H3,(H,26,28);1-6,8-16,27H,7H2,(H,26,28);1-14,27H,(H,26,28);1-14,26-27H,(H,25,28)/b13-12+,25-15+;8-4+,25-16+;2-1+,25-14+;7-4+,24-14+. The first-order valence-corrected chi connectivity index (χ1v) is 38.1. The second kappa shape index (κ2) is 43.4. The molecule has 0 radical (unpaired) electrons. The number of phenolic OH excluding ortho intramolecular Hbond substituents is 5. The number of aryl methyl sites for hydroxylation is 1. The van der Waals surface area contributed by atoms with Crippen LogP contribution in [0.3, 0.4) is 0 Å². The van der Waals surface area contributed by atoms with Gasteiger partial charge in [0.25, 0.3) is 23.6 Å². The van der Waals surface area contributed by atoms with Crippen molar-refractivity contribution in [2.45, 2.75) is 18.2 Å². The summed E-state index contributed by atoms with van der Waals surface area (Å²) in [6, 6.07) is 78.3.